The molecular weight excluding hydrogens is 660 g/mol. The Bertz CT molecular complexity index is 1430. The SMILES string of the molecule is CC(C)Oc1ccccc1[CH]=[Ru-4]([Cl])([Cl])=[C]1N(c2c(C(C)C)cccc2C(C)C)CCN1c1c(C(C)C)cccc1C(C)C. The van der Waals surface area contributed by atoms with Crippen LogP contribution in [0.3, 0.4) is 0 Å². The average Bonchev–Trinajstić information content (AvgIpc) is 3.38. The van der Waals surface area contributed by atoms with E-state index >= 15 is 0 Å². The number of hydrogen-bond acceptors (Lipinski definition) is 3. The Morgan fingerprint density at radius 3 is 1.37 bits per heavy atom. The van der Waals surface area contributed by atoms with Crippen LogP contribution in [0.25, 0.3) is 0 Å². The molecule has 1 aliphatic heterocycles. The average molecular weight is 711 g/mol. The molecule has 1 saturated heterocycles. The number of ether oxygens (including phenoxy) is 1. The molecule has 0 atom stereocenters. The van der Waals surface area contributed by atoms with E-state index in [1.807, 2.05) is 32.0 Å². The van der Waals surface area contributed by atoms with E-state index in [1.54, 1.807) is 0 Å². The Balaban J connectivity index is 2.14. The summed E-state index contributed by atoms with van der Waals surface area (Å²) in [5.41, 5.74) is 8.82. The molecule has 0 unspecified atom stereocenters. The van der Waals surface area contributed by atoms with Crippen LogP contribution in [0.4, 0.5) is 11.4 Å². The van der Waals surface area contributed by atoms with Crippen LogP contribution in [0.2, 0.25) is 0 Å². The summed E-state index contributed by atoms with van der Waals surface area (Å²) in [4.78, 5) is 4.97. The van der Waals surface area contributed by atoms with Gasteiger partial charge in [-0.2, -0.15) is 0 Å². The predicted molar refractivity (Wildman–Crippen MR) is 188 cm³/mol. The molecule has 43 heavy (non-hydrogen) atoms. The zero-order valence-electron chi connectivity index (χ0n) is 27.6. The van der Waals surface area contributed by atoms with Crippen molar-refractivity contribution in [3.63, 3.8) is 0 Å². The van der Waals surface area contributed by atoms with Crippen molar-refractivity contribution in [3.05, 3.63) is 88.5 Å². The van der Waals surface area contributed by atoms with Gasteiger partial charge in [-0.3, -0.25) is 0 Å². The number of rotatable bonds is 9. The fourth-order valence-electron chi connectivity index (χ4n) is 5.94. The van der Waals surface area contributed by atoms with E-state index in [0.29, 0.717) is 23.7 Å². The van der Waals surface area contributed by atoms with Gasteiger partial charge < -0.3 is 0 Å². The third kappa shape index (κ3) is 7.29. The van der Waals surface area contributed by atoms with Gasteiger partial charge in [-0.05, 0) is 0 Å². The van der Waals surface area contributed by atoms with Gasteiger partial charge in [-0.1, -0.05) is 0 Å². The minimum atomic E-state index is -3.75. The number of benzene rings is 3. The summed E-state index contributed by atoms with van der Waals surface area (Å²) >= 11 is -3.75. The number of para-hydroxylation sites is 3. The van der Waals surface area contributed by atoms with Crippen molar-refractivity contribution in [2.75, 3.05) is 22.9 Å². The van der Waals surface area contributed by atoms with Gasteiger partial charge >= 0.3 is 272 Å². The first-order valence-electron chi connectivity index (χ1n) is 15.6. The van der Waals surface area contributed by atoms with Crippen LogP contribution in [0.1, 0.15) is 121 Å². The summed E-state index contributed by atoms with van der Waals surface area (Å²) in [5, 5.41) is 0. The molecule has 0 aliphatic carbocycles. The van der Waals surface area contributed by atoms with Gasteiger partial charge in [0.2, 0.25) is 0 Å². The summed E-state index contributed by atoms with van der Waals surface area (Å²) in [6.07, 6.45) is 0.0465. The molecule has 0 bridgehead atoms. The topological polar surface area (TPSA) is 15.7 Å². The zero-order chi connectivity index (χ0) is 31.6. The molecular formula is C37H50Cl2N2ORu-4. The molecule has 0 spiro atoms. The van der Waals surface area contributed by atoms with Gasteiger partial charge in [0.1, 0.15) is 0 Å². The molecule has 3 aromatic rings. The van der Waals surface area contributed by atoms with Gasteiger partial charge in [0.15, 0.2) is 0 Å². The number of anilines is 2. The molecule has 6 heteroatoms. The van der Waals surface area contributed by atoms with Crippen molar-refractivity contribution >= 4 is 39.7 Å². The molecule has 1 aliphatic rings. The second-order valence-corrected chi connectivity index (χ2v) is 22.2. The molecule has 0 aromatic heterocycles. The molecule has 3 aromatic carbocycles. The van der Waals surface area contributed by atoms with Gasteiger partial charge in [-0.15, -0.1) is 0 Å². The van der Waals surface area contributed by atoms with E-state index in [-0.39, 0.29) is 6.10 Å². The molecule has 1 fully saturated rings. The van der Waals surface area contributed by atoms with E-state index in [9.17, 15) is 0 Å². The first-order chi connectivity index (χ1) is 20.2. The van der Waals surface area contributed by atoms with Crippen molar-refractivity contribution < 1.29 is 16.6 Å². The van der Waals surface area contributed by atoms with Crippen LogP contribution in [-0.4, -0.2) is 28.2 Å². The quantitative estimate of drug-likeness (QED) is 0.206. The molecule has 0 N–H and O–H groups in total. The summed E-state index contributed by atoms with van der Waals surface area (Å²) in [6, 6.07) is 21.6. The molecule has 0 saturated carbocycles. The number of hydrogen-bond donors (Lipinski definition) is 0. The van der Waals surface area contributed by atoms with Crippen molar-refractivity contribution in [3.8, 4) is 5.75 Å². The van der Waals surface area contributed by atoms with Crippen LogP contribution in [0.5, 0.6) is 5.75 Å². The van der Waals surface area contributed by atoms with Crippen LogP contribution >= 0.6 is 19.4 Å². The Labute approximate surface area is 271 Å². The van der Waals surface area contributed by atoms with Crippen molar-refractivity contribution in [2.45, 2.75) is 99.0 Å². The zero-order valence-corrected chi connectivity index (χ0v) is 30.8. The third-order valence-electron chi connectivity index (χ3n) is 7.93. The summed E-state index contributed by atoms with van der Waals surface area (Å²) in [5.74, 6) is 2.23. The molecule has 240 valence electrons. The summed E-state index contributed by atoms with van der Waals surface area (Å²) in [7, 11) is 15.6. The summed E-state index contributed by atoms with van der Waals surface area (Å²) < 4.78 is 9.40. The van der Waals surface area contributed by atoms with Crippen molar-refractivity contribution in [1.82, 2.24) is 0 Å². The fourth-order valence-corrected chi connectivity index (χ4v) is 12.0. The molecule has 4 rings (SSSR count). The molecule has 1 heterocycles. The van der Waals surface area contributed by atoms with Crippen LogP contribution in [0.15, 0.2) is 60.7 Å². The van der Waals surface area contributed by atoms with Crippen LogP contribution in [0, 0.1) is 0 Å². The van der Waals surface area contributed by atoms with E-state index in [4.69, 9.17) is 24.1 Å². The first kappa shape index (κ1) is 33.9. The Kier molecular flexibility index (Phi) is 11.0. The van der Waals surface area contributed by atoms with E-state index in [2.05, 4.69) is 112 Å². The first-order valence-corrected chi connectivity index (χ1v) is 22.0. The Morgan fingerprint density at radius 2 is 1.00 bits per heavy atom. The molecule has 3 nitrogen and oxygen atoms in total. The summed E-state index contributed by atoms with van der Waals surface area (Å²) in [6.45, 7) is 24.0. The van der Waals surface area contributed by atoms with Gasteiger partial charge in [0, 0.05) is 0 Å². The van der Waals surface area contributed by atoms with E-state index in [0.717, 1.165) is 28.8 Å². The molecule has 0 radical (unpaired) electrons. The predicted octanol–water partition coefficient (Wildman–Crippen LogP) is 10.7. The van der Waals surface area contributed by atoms with Crippen molar-refractivity contribution in [2.24, 2.45) is 0 Å². The Morgan fingerprint density at radius 1 is 0.605 bits per heavy atom. The monoisotopic (exact) mass is 710 g/mol. The van der Waals surface area contributed by atoms with Gasteiger partial charge in [0.25, 0.3) is 0 Å². The Hall–Kier alpha value is -2.00. The number of nitrogens with zero attached hydrogens (tertiary/aromatic N) is 2. The normalized spacial score (nSPS) is 14.7. The minimum absolute atomic E-state index is 0.0465. The van der Waals surface area contributed by atoms with Gasteiger partial charge in [0.05, 0.1) is 0 Å². The van der Waals surface area contributed by atoms with Crippen LogP contribution in [-0.2, 0) is 11.9 Å². The maximum atomic E-state index is 7.81. The third-order valence-corrected chi connectivity index (χ3v) is 13.4. The molecule has 0 amide bonds. The second-order valence-electron chi connectivity index (χ2n) is 13.0. The standard InChI is InChI=1S/C27H38N2.C10H12O.2ClH.Ru/c1-18(2)22-11-9-12-23(19(3)4)26(22)28-15-16-29(17-28)27-24(20(5)6)13-10-14-25(27)21(7)8;1-8(2)11-10-7-5-4-6-9(10)3;;;/h9-14,18-21H,15-16H2,1-8H3;3-8H,1-2H3;2*1H;/q;;;;-2/p-2. The van der Waals surface area contributed by atoms with E-state index < -0.39 is 11.9 Å². The number of halogens is 2. The van der Waals surface area contributed by atoms with E-state index in [1.165, 1.54) is 33.6 Å². The fraction of sp³-hybridized carbons (Fsp3) is 0.459. The second kappa shape index (κ2) is 14.0. The van der Waals surface area contributed by atoms with Crippen LogP contribution < -0.4 is 14.5 Å². The maximum absolute atomic E-state index is 7.81. The van der Waals surface area contributed by atoms with Crippen molar-refractivity contribution in [1.29, 1.82) is 0 Å². The van der Waals surface area contributed by atoms with Gasteiger partial charge in [-0.25, -0.2) is 0 Å².